The lowest BCUT2D eigenvalue weighted by molar-refractivity contribution is -0.141. The quantitative estimate of drug-likeness (QED) is 0.301. The number of carboxylic acid groups (broad SMARTS) is 1. The number of hydrogen-bond acceptors (Lipinski definition) is 5. The molecule has 3 rings (SSSR count). The highest BCUT2D eigenvalue weighted by Gasteiger charge is 2.21. The first-order valence-electron chi connectivity index (χ1n) is 12.1. The fourth-order valence-electron chi connectivity index (χ4n) is 3.11. The van der Waals surface area contributed by atoms with Crippen molar-refractivity contribution in [3.63, 3.8) is 0 Å². The molecule has 0 saturated heterocycles. The van der Waals surface area contributed by atoms with Gasteiger partial charge in [-0.3, -0.25) is 9.59 Å². The van der Waals surface area contributed by atoms with Gasteiger partial charge >= 0.3 is 5.97 Å². The van der Waals surface area contributed by atoms with Gasteiger partial charge in [-0.15, -0.1) is 0 Å². The SMILES string of the molecule is CC.Cc1ccccc1.N[C@H](Cc1ccccc1)C(=O)NCC(=O)NC(Cc1ccc(O)cc1)C(=O)O. The molecule has 0 fully saturated rings. The number of nitrogens with two attached hydrogens (primary N) is 1. The van der Waals surface area contributed by atoms with Gasteiger partial charge in [0.05, 0.1) is 12.6 Å². The van der Waals surface area contributed by atoms with Crippen LogP contribution in [-0.4, -0.2) is 46.6 Å². The Bertz CT molecular complexity index is 1070. The zero-order valence-corrected chi connectivity index (χ0v) is 21.6. The summed E-state index contributed by atoms with van der Waals surface area (Å²) < 4.78 is 0. The van der Waals surface area contributed by atoms with Gasteiger partial charge in [-0.1, -0.05) is 92.2 Å². The highest BCUT2D eigenvalue weighted by atomic mass is 16.4. The van der Waals surface area contributed by atoms with Crippen LogP contribution in [0.4, 0.5) is 0 Å². The van der Waals surface area contributed by atoms with Crippen LogP contribution in [0.5, 0.6) is 5.75 Å². The summed E-state index contributed by atoms with van der Waals surface area (Å²) in [5.74, 6) is -2.27. The molecule has 8 heteroatoms. The van der Waals surface area contributed by atoms with Crippen LogP contribution in [0.25, 0.3) is 0 Å². The number of benzene rings is 3. The number of carboxylic acids is 1. The van der Waals surface area contributed by atoms with E-state index in [9.17, 15) is 24.6 Å². The first-order chi connectivity index (χ1) is 17.7. The molecule has 0 aromatic heterocycles. The Morgan fingerprint density at radius 3 is 1.81 bits per heavy atom. The Morgan fingerprint density at radius 1 is 0.811 bits per heavy atom. The molecule has 37 heavy (non-hydrogen) atoms. The molecule has 3 aromatic carbocycles. The standard InChI is InChI=1S/C20H23N3O5.C7H8.C2H6/c21-16(10-13-4-2-1-3-5-13)19(26)22-12-18(25)23-17(20(27)28)11-14-6-8-15(24)9-7-14;1-7-5-3-2-4-6-7;1-2/h1-9,16-17,24H,10-12,21H2,(H,22,26)(H,23,25)(H,27,28);2-6H,1H3;1-2H3/t16-,17?;;/m1../s1. The average Bonchev–Trinajstić information content (AvgIpc) is 2.90. The number of phenols is 1. The normalized spacial score (nSPS) is 11.4. The monoisotopic (exact) mass is 507 g/mol. The van der Waals surface area contributed by atoms with Crippen molar-refractivity contribution in [2.24, 2.45) is 5.73 Å². The van der Waals surface area contributed by atoms with Crippen molar-refractivity contribution in [1.82, 2.24) is 10.6 Å². The molecule has 0 radical (unpaired) electrons. The van der Waals surface area contributed by atoms with Crippen LogP contribution in [-0.2, 0) is 27.2 Å². The number of aryl methyl sites for hydroxylation is 1. The molecule has 0 spiro atoms. The van der Waals surface area contributed by atoms with Crippen LogP contribution in [0, 0.1) is 6.92 Å². The molecule has 0 bridgehead atoms. The lowest BCUT2D eigenvalue weighted by atomic mass is 10.1. The third kappa shape index (κ3) is 12.9. The molecule has 2 amide bonds. The summed E-state index contributed by atoms with van der Waals surface area (Å²) >= 11 is 0. The first-order valence-corrected chi connectivity index (χ1v) is 12.1. The number of rotatable bonds is 9. The van der Waals surface area contributed by atoms with E-state index in [-0.39, 0.29) is 18.7 Å². The minimum absolute atomic E-state index is 0.0445. The lowest BCUT2D eigenvalue weighted by Crippen LogP contribution is -2.49. The molecular weight excluding hydrogens is 470 g/mol. The Labute approximate surface area is 218 Å². The molecule has 0 saturated carbocycles. The van der Waals surface area contributed by atoms with E-state index >= 15 is 0 Å². The van der Waals surface area contributed by atoms with Gasteiger partial charge in [0.1, 0.15) is 11.8 Å². The van der Waals surface area contributed by atoms with Crippen LogP contribution < -0.4 is 16.4 Å². The minimum Gasteiger partial charge on any atom is -0.508 e. The summed E-state index contributed by atoms with van der Waals surface area (Å²) in [7, 11) is 0. The molecule has 0 aliphatic heterocycles. The Hall–Kier alpha value is -4.17. The minimum atomic E-state index is -1.20. The summed E-state index contributed by atoms with van der Waals surface area (Å²) in [4.78, 5) is 35.4. The van der Waals surface area contributed by atoms with Gasteiger partial charge in [0.15, 0.2) is 0 Å². The molecule has 6 N–H and O–H groups in total. The molecular formula is C29H37N3O5. The fraction of sp³-hybridized carbons (Fsp3) is 0.276. The number of phenolic OH excluding ortho intramolecular Hbond substituents is 1. The van der Waals surface area contributed by atoms with E-state index in [1.807, 2.05) is 62.4 Å². The number of aromatic hydroxyl groups is 1. The number of amides is 2. The average molecular weight is 508 g/mol. The van der Waals surface area contributed by atoms with Crippen LogP contribution in [0.3, 0.4) is 0 Å². The maximum absolute atomic E-state index is 12.0. The summed E-state index contributed by atoms with van der Waals surface area (Å²) in [5.41, 5.74) is 8.70. The van der Waals surface area contributed by atoms with E-state index < -0.39 is 29.9 Å². The third-order valence-corrected chi connectivity index (χ3v) is 5.01. The zero-order chi connectivity index (χ0) is 27.6. The molecule has 1 unspecified atom stereocenters. The van der Waals surface area contributed by atoms with E-state index in [1.165, 1.54) is 17.7 Å². The van der Waals surface area contributed by atoms with E-state index in [1.54, 1.807) is 12.1 Å². The number of nitrogens with one attached hydrogen (secondary N) is 2. The van der Waals surface area contributed by atoms with Crippen molar-refractivity contribution in [2.45, 2.75) is 45.7 Å². The topological polar surface area (TPSA) is 142 Å². The van der Waals surface area contributed by atoms with Crippen molar-refractivity contribution in [3.8, 4) is 5.75 Å². The van der Waals surface area contributed by atoms with Gasteiger partial charge in [-0.25, -0.2) is 4.79 Å². The molecule has 0 aliphatic rings. The van der Waals surface area contributed by atoms with Gasteiger partial charge in [-0.05, 0) is 36.6 Å². The second kappa shape index (κ2) is 17.3. The van der Waals surface area contributed by atoms with Crippen molar-refractivity contribution in [1.29, 1.82) is 0 Å². The number of carbonyl (C=O) groups excluding carboxylic acids is 2. The van der Waals surface area contributed by atoms with E-state index in [0.29, 0.717) is 12.0 Å². The van der Waals surface area contributed by atoms with Gasteiger partial charge in [-0.2, -0.15) is 0 Å². The number of aliphatic carboxylic acids is 1. The van der Waals surface area contributed by atoms with Crippen LogP contribution in [0.2, 0.25) is 0 Å². The van der Waals surface area contributed by atoms with Crippen molar-refractivity contribution >= 4 is 17.8 Å². The third-order valence-electron chi connectivity index (χ3n) is 5.01. The lowest BCUT2D eigenvalue weighted by Gasteiger charge is -2.16. The van der Waals surface area contributed by atoms with E-state index in [0.717, 1.165) is 5.56 Å². The van der Waals surface area contributed by atoms with Crippen molar-refractivity contribution in [3.05, 3.63) is 102 Å². The van der Waals surface area contributed by atoms with Crippen LogP contribution in [0.15, 0.2) is 84.9 Å². The van der Waals surface area contributed by atoms with Gasteiger partial charge in [0.25, 0.3) is 0 Å². The molecule has 3 aromatic rings. The second-order valence-electron chi connectivity index (χ2n) is 8.00. The predicted octanol–water partition coefficient (Wildman–Crippen LogP) is 3.21. The maximum atomic E-state index is 12.0. The number of carbonyl (C=O) groups is 3. The fourth-order valence-corrected chi connectivity index (χ4v) is 3.11. The Kier molecular flexibility index (Phi) is 14.4. The molecule has 198 valence electrons. The smallest absolute Gasteiger partial charge is 0.326 e. The van der Waals surface area contributed by atoms with Gasteiger partial charge in [0.2, 0.25) is 11.8 Å². The van der Waals surface area contributed by atoms with Gasteiger partial charge in [0, 0.05) is 6.42 Å². The Balaban J connectivity index is 0.000000645. The zero-order valence-electron chi connectivity index (χ0n) is 21.6. The van der Waals surface area contributed by atoms with E-state index in [4.69, 9.17) is 5.73 Å². The largest absolute Gasteiger partial charge is 0.508 e. The highest BCUT2D eigenvalue weighted by Crippen LogP contribution is 2.11. The van der Waals surface area contributed by atoms with Crippen molar-refractivity contribution < 1.29 is 24.6 Å². The molecule has 0 heterocycles. The summed E-state index contributed by atoms with van der Waals surface area (Å²) in [6.07, 6.45) is 0.371. The molecule has 2 atom stereocenters. The number of hydrogen-bond donors (Lipinski definition) is 5. The molecule has 0 aliphatic carbocycles. The van der Waals surface area contributed by atoms with E-state index in [2.05, 4.69) is 29.7 Å². The van der Waals surface area contributed by atoms with Gasteiger partial charge < -0.3 is 26.6 Å². The Morgan fingerprint density at radius 2 is 1.32 bits per heavy atom. The summed E-state index contributed by atoms with van der Waals surface area (Å²) in [6.45, 7) is 5.71. The second-order valence-corrected chi connectivity index (χ2v) is 8.00. The highest BCUT2D eigenvalue weighted by molar-refractivity contribution is 5.89. The summed E-state index contributed by atoms with van der Waals surface area (Å²) in [6, 6.07) is 23.5. The van der Waals surface area contributed by atoms with Crippen LogP contribution in [0.1, 0.15) is 30.5 Å². The predicted molar refractivity (Wildman–Crippen MR) is 145 cm³/mol. The first kappa shape index (κ1) is 30.9. The summed E-state index contributed by atoms with van der Waals surface area (Å²) in [5, 5.41) is 23.3. The van der Waals surface area contributed by atoms with Crippen molar-refractivity contribution in [2.75, 3.05) is 6.54 Å². The van der Waals surface area contributed by atoms with Crippen LogP contribution >= 0.6 is 0 Å². The molecule has 8 nitrogen and oxygen atoms in total. The maximum Gasteiger partial charge on any atom is 0.326 e.